The molecule has 2 aromatic carbocycles. The Hall–Kier alpha value is -1.81. The molecule has 0 fully saturated rings. The number of hydrogen-bond donors (Lipinski definition) is 1. The minimum atomic E-state index is -0.580. The maximum absolute atomic E-state index is 12.5. The predicted molar refractivity (Wildman–Crippen MR) is 98.1 cm³/mol. The van der Waals surface area contributed by atoms with Gasteiger partial charge in [-0.05, 0) is 49.1 Å². The van der Waals surface area contributed by atoms with E-state index >= 15 is 0 Å². The van der Waals surface area contributed by atoms with Crippen LogP contribution in [0.4, 0.5) is 5.69 Å². The monoisotopic (exact) mass is 375 g/mol. The summed E-state index contributed by atoms with van der Waals surface area (Å²) in [6, 6.07) is 13.5. The van der Waals surface area contributed by atoms with E-state index in [-0.39, 0.29) is 5.91 Å². The molecule has 2 aromatic rings. The molecule has 0 aliphatic heterocycles. The second-order valence-corrected chi connectivity index (χ2v) is 6.82. The summed E-state index contributed by atoms with van der Waals surface area (Å²) in [4.78, 5) is 12.5. The highest BCUT2D eigenvalue weighted by Gasteiger charge is 2.18. The number of rotatable bonds is 5. The summed E-state index contributed by atoms with van der Waals surface area (Å²) in [5, 5.41) is 3.02. The minimum Gasteiger partial charge on any atom is -0.481 e. The molecule has 0 unspecified atom stereocenters. The average molecular weight is 376 g/mol. The van der Waals surface area contributed by atoms with Gasteiger partial charge >= 0.3 is 0 Å². The van der Waals surface area contributed by atoms with Gasteiger partial charge in [-0.3, -0.25) is 4.79 Å². The zero-order valence-corrected chi connectivity index (χ0v) is 15.5. The highest BCUT2D eigenvalue weighted by molar-refractivity contribution is 9.10. The molecule has 0 aromatic heterocycles. The van der Waals surface area contributed by atoms with Crippen LogP contribution >= 0.6 is 15.9 Å². The second-order valence-electron chi connectivity index (χ2n) is 5.90. The van der Waals surface area contributed by atoms with E-state index in [2.05, 4.69) is 35.1 Å². The standard InChI is InChI=1S/C19H22BrNO2/c1-12(2)17-10-5-7-13(3)18(17)21-19(22)14(4)23-16-9-6-8-15(20)11-16/h5-12,14H,1-4H3,(H,21,22)/t14-/m0/s1. The number of aryl methyl sites for hydroxylation is 1. The van der Waals surface area contributed by atoms with E-state index < -0.39 is 6.10 Å². The third-order valence-electron chi connectivity index (χ3n) is 3.65. The number of halogens is 1. The van der Waals surface area contributed by atoms with Gasteiger partial charge in [-0.1, -0.05) is 54.0 Å². The van der Waals surface area contributed by atoms with Crippen molar-refractivity contribution in [1.82, 2.24) is 0 Å². The zero-order chi connectivity index (χ0) is 17.0. The summed E-state index contributed by atoms with van der Waals surface area (Å²) in [5.41, 5.74) is 3.07. The maximum atomic E-state index is 12.5. The molecular formula is C19H22BrNO2. The molecule has 0 heterocycles. The number of benzene rings is 2. The van der Waals surface area contributed by atoms with Gasteiger partial charge in [0.05, 0.1) is 0 Å². The van der Waals surface area contributed by atoms with Crippen molar-refractivity contribution in [2.24, 2.45) is 0 Å². The van der Waals surface area contributed by atoms with Crippen molar-refractivity contribution in [3.63, 3.8) is 0 Å². The Labute approximate surface area is 146 Å². The van der Waals surface area contributed by atoms with Crippen molar-refractivity contribution >= 4 is 27.5 Å². The molecule has 122 valence electrons. The van der Waals surface area contributed by atoms with E-state index in [0.29, 0.717) is 11.7 Å². The fourth-order valence-corrected chi connectivity index (χ4v) is 2.74. The van der Waals surface area contributed by atoms with Gasteiger partial charge in [0, 0.05) is 10.2 Å². The largest absolute Gasteiger partial charge is 0.481 e. The van der Waals surface area contributed by atoms with E-state index in [1.165, 1.54) is 0 Å². The molecule has 1 amide bonds. The van der Waals surface area contributed by atoms with Crippen molar-refractivity contribution in [1.29, 1.82) is 0 Å². The molecule has 0 aliphatic carbocycles. The van der Waals surface area contributed by atoms with Gasteiger partial charge in [-0.15, -0.1) is 0 Å². The van der Waals surface area contributed by atoms with E-state index in [1.807, 2.05) is 49.4 Å². The Morgan fingerprint density at radius 2 is 1.83 bits per heavy atom. The molecule has 2 rings (SSSR count). The molecular weight excluding hydrogens is 354 g/mol. The number of anilines is 1. The van der Waals surface area contributed by atoms with Crippen molar-refractivity contribution in [3.05, 3.63) is 58.1 Å². The average Bonchev–Trinajstić information content (AvgIpc) is 2.48. The Morgan fingerprint density at radius 1 is 1.13 bits per heavy atom. The molecule has 3 nitrogen and oxygen atoms in total. The lowest BCUT2D eigenvalue weighted by atomic mass is 9.98. The maximum Gasteiger partial charge on any atom is 0.265 e. The topological polar surface area (TPSA) is 38.3 Å². The first-order valence-electron chi connectivity index (χ1n) is 7.71. The Bertz CT molecular complexity index is 698. The van der Waals surface area contributed by atoms with E-state index in [4.69, 9.17) is 4.74 Å². The first-order chi connectivity index (χ1) is 10.9. The molecule has 0 spiro atoms. The summed E-state index contributed by atoms with van der Waals surface area (Å²) >= 11 is 3.40. The van der Waals surface area contributed by atoms with Crippen LogP contribution in [0, 0.1) is 6.92 Å². The van der Waals surface area contributed by atoms with Gasteiger partial charge in [0.2, 0.25) is 0 Å². The van der Waals surface area contributed by atoms with Crippen molar-refractivity contribution < 1.29 is 9.53 Å². The van der Waals surface area contributed by atoms with Gasteiger partial charge in [0.25, 0.3) is 5.91 Å². The third-order valence-corrected chi connectivity index (χ3v) is 4.15. The minimum absolute atomic E-state index is 0.152. The molecule has 4 heteroatoms. The number of carbonyl (C=O) groups excluding carboxylic acids is 1. The van der Waals surface area contributed by atoms with Gasteiger partial charge < -0.3 is 10.1 Å². The molecule has 0 bridgehead atoms. The summed E-state index contributed by atoms with van der Waals surface area (Å²) in [5.74, 6) is 0.851. The van der Waals surface area contributed by atoms with Crippen LogP contribution in [0.3, 0.4) is 0 Å². The van der Waals surface area contributed by atoms with Gasteiger partial charge in [-0.2, -0.15) is 0 Å². The summed E-state index contributed by atoms with van der Waals surface area (Å²) in [6.45, 7) is 7.99. The number of amides is 1. The molecule has 23 heavy (non-hydrogen) atoms. The van der Waals surface area contributed by atoms with Crippen LogP contribution in [0.1, 0.15) is 37.8 Å². The summed E-state index contributed by atoms with van der Waals surface area (Å²) in [7, 11) is 0. The third kappa shape index (κ3) is 4.58. The Balaban J connectivity index is 2.13. The van der Waals surface area contributed by atoms with E-state index in [0.717, 1.165) is 21.3 Å². The zero-order valence-electron chi connectivity index (χ0n) is 13.9. The predicted octanol–water partition coefficient (Wildman–Crippen LogP) is 5.29. The highest BCUT2D eigenvalue weighted by atomic mass is 79.9. The number of ether oxygens (including phenoxy) is 1. The summed E-state index contributed by atoms with van der Waals surface area (Å²) in [6.07, 6.45) is -0.580. The van der Waals surface area contributed by atoms with E-state index in [1.54, 1.807) is 6.92 Å². The Kier molecular flexibility index (Phi) is 5.83. The van der Waals surface area contributed by atoms with Gasteiger partial charge in [0.15, 0.2) is 6.10 Å². The van der Waals surface area contributed by atoms with E-state index in [9.17, 15) is 4.79 Å². The molecule has 0 radical (unpaired) electrons. The van der Waals surface area contributed by atoms with Gasteiger partial charge in [-0.25, -0.2) is 0 Å². The van der Waals surface area contributed by atoms with Crippen LogP contribution in [-0.2, 0) is 4.79 Å². The lowest BCUT2D eigenvalue weighted by Crippen LogP contribution is -2.30. The fourth-order valence-electron chi connectivity index (χ4n) is 2.37. The number of para-hydroxylation sites is 1. The van der Waals surface area contributed by atoms with Crippen LogP contribution in [0.2, 0.25) is 0 Å². The van der Waals surface area contributed by atoms with Crippen molar-refractivity contribution in [2.75, 3.05) is 5.32 Å². The molecule has 0 aliphatic rings. The summed E-state index contributed by atoms with van der Waals surface area (Å²) < 4.78 is 6.65. The first kappa shape index (κ1) is 17.5. The smallest absolute Gasteiger partial charge is 0.265 e. The van der Waals surface area contributed by atoms with Crippen molar-refractivity contribution in [2.45, 2.75) is 39.7 Å². The molecule has 0 saturated heterocycles. The van der Waals surface area contributed by atoms with Crippen LogP contribution in [0.5, 0.6) is 5.75 Å². The molecule has 1 atom stereocenters. The lowest BCUT2D eigenvalue weighted by Gasteiger charge is -2.19. The first-order valence-corrected chi connectivity index (χ1v) is 8.50. The second kappa shape index (κ2) is 7.64. The van der Waals surface area contributed by atoms with Crippen LogP contribution in [-0.4, -0.2) is 12.0 Å². The lowest BCUT2D eigenvalue weighted by molar-refractivity contribution is -0.122. The van der Waals surface area contributed by atoms with Gasteiger partial charge in [0.1, 0.15) is 5.75 Å². The highest BCUT2D eigenvalue weighted by Crippen LogP contribution is 2.28. The number of hydrogen-bond acceptors (Lipinski definition) is 2. The quantitative estimate of drug-likeness (QED) is 0.770. The molecule has 1 N–H and O–H groups in total. The van der Waals surface area contributed by atoms with Crippen LogP contribution in [0.25, 0.3) is 0 Å². The van der Waals surface area contributed by atoms with Crippen LogP contribution < -0.4 is 10.1 Å². The SMILES string of the molecule is Cc1cccc(C(C)C)c1NC(=O)[C@H](C)Oc1cccc(Br)c1. The number of carbonyl (C=O) groups is 1. The fraction of sp³-hybridized carbons (Fsp3) is 0.316. The number of nitrogens with one attached hydrogen (secondary N) is 1. The Morgan fingerprint density at radius 3 is 2.48 bits per heavy atom. The normalized spacial score (nSPS) is 12.1. The molecule has 0 saturated carbocycles. The van der Waals surface area contributed by atoms with Crippen molar-refractivity contribution in [3.8, 4) is 5.75 Å². The van der Waals surface area contributed by atoms with Crippen LogP contribution in [0.15, 0.2) is 46.9 Å².